The summed E-state index contributed by atoms with van der Waals surface area (Å²) in [4.78, 5) is 22.8. The lowest BCUT2D eigenvalue weighted by atomic mass is 9.87. The van der Waals surface area contributed by atoms with Gasteiger partial charge in [0.25, 0.3) is 0 Å². The van der Waals surface area contributed by atoms with Crippen LogP contribution in [0.25, 0.3) is 5.76 Å². The van der Waals surface area contributed by atoms with Crippen molar-refractivity contribution in [2.24, 2.45) is 0 Å². The molecular weight excluding hydrogens is 440 g/mol. The minimum absolute atomic E-state index is 0.0133. The number of benzene rings is 3. The van der Waals surface area contributed by atoms with Crippen LogP contribution in [0, 0.1) is 0 Å². The highest BCUT2D eigenvalue weighted by Gasteiger charge is 2.42. The van der Waals surface area contributed by atoms with Crippen LogP contribution >= 0.6 is 23.9 Å². The van der Waals surface area contributed by atoms with Gasteiger partial charge in [-0.3, -0.25) is 9.80 Å². The van der Waals surface area contributed by atoms with Gasteiger partial charge in [0.1, 0.15) is 11.7 Å². The first-order valence-electron chi connectivity index (χ1n) is 10.3. The lowest BCUT2D eigenvalue weighted by Crippen LogP contribution is -2.48. The summed E-state index contributed by atoms with van der Waals surface area (Å²) < 4.78 is 0. The Morgan fingerprint density at radius 3 is 2.22 bits per heavy atom. The second-order valence-electron chi connectivity index (χ2n) is 7.87. The normalized spacial score (nSPS) is 20.6. The van der Waals surface area contributed by atoms with Gasteiger partial charge in [-0.1, -0.05) is 60.7 Å². The van der Waals surface area contributed by atoms with Gasteiger partial charge in [0.2, 0.25) is 5.78 Å². The van der Waals surface area contributed by atoms with Crippen molar-refractivity contribution in [2.75, 3.05) is 0 Å². The average molecular weight is 461 g/mol. The number of nitrogens with zero attached hydrogens (tertiary/aromatic N) is 2. The largest absolute Gasteiger partial charge is 0.505 e. The van der Waals surface area contributed by atoms with Crippen LogP contribution in [-0.2, 0) is 17.9 Å². The number of hydrogen-bond acceptors (Lipinski definition) is 8. The number of carbonyl (C=O) groups excluding carboxylic acids is 1. The number of nitrogens with one attached hydrogen (secondary N) is 2. The number of fused-ring (bicyclic) bond motifs is 3. The quantitative estimate of drug-likeness (QED) is 0.480. The van der Waals surface area contributed by atoms with Gasteiger partial charge in [-0.15, -0.1) is 0 Å². The molecule has 1 unspecified atom stereocenters. The second kappa shape index (κ2) is 7.99. The third-order valence-electron chi connectivity index (χ3n) is 5.95. The fourth-order valence-electron chi connectivity index (χ4n) is 4.40. The van der Waals surface area contributed by atoms with Crippen LogP contribution in [-0.4, -0.2) is 20.9 Å². The van der Waals surface area contributed by atoms with Crippen molar-refractivity contribution in [2.45, 2.75) is 28.9 Å². The van der Waals surface area contributed by atoms with E-state index < -0.39 is 6.04 Å². The fraction of sp³-hybridized carbons (Fsp3) is 0.125. The average Bonchev–Trinajstić information content (AvgIpc) is 2.84. The van der Waals surface area contributed by atoms with Crippen LogP contribution in [0.2, 0.25) is 0 Å². The van der Waals surface area contributed by atoms with E-state index in [1.807, 2.05) is 65.7 Å². The summed E-state index contributed by atoms with van der Waals surface area (Å²) in [6, 6.07) is 23.3. The molecular formula is C24H20N4O2S2. The van der Waals surface area contributed by atoms with Crippen molar-refractivity contribution >= 4 is 35.4 Å². The molecule has 2 heterocycles. The molecule has 2 aliphatic heterocycles. The predicted octanol–water partition coefficient (Wildman–Crippen LogP) is 4.59. The summed E-state index contributed by atoms with van der Waals surface area (Å²) in [7, 11) is 0. The van der Waals surface area contributed by atoms with Crippen molar-refractivity contribution < 1.29 is 9.90 Å². The Kier molecular flexibility index (Phi) is 4.97. The van der Waals surface area contributed by atoms with Gasteiger partial charge in [0, 0.05) is 21.9 Å². The summed E-state index contributed by atoms with van der Waals surface area (Å²) in [5.41, 5.74) is 4.06. The first-order chi connectivity index (χ1) is 15.7. The van der Waals surface area contributed by atoms with E-state index >= 15 is 0 Å². The smallest absolute Gasteiger partial charge is 0.207 e. The van der Waals surface area contributed by atoms with E-state index in [1.54, 1.807) is 5.01 Å². The number of ketones is 1. The van der Waals surface area contributed by atoms with Gasteiger partial charge in [0.05, 0.1) is 6.54 Å². The van der Waals surface area contributed by atoms with E-state index in [0.29, 0.717) is 24.4 Å². The van der Waals surface area contributed by atoms with Crippen LogP contribution in [0.5, 0.6) is 0 Å². The number of carbonyl (C=O) groups is 1. The van der Waals surface area contributed by atoms with Crippen molar-refractivity contribution in [3.05, 3.63) is 101 Å². The Morgan fingerprint density at radius 1 is 0.812 bits per heavy atom. The summed E-state index contributed by atoms with van der Waals surface area (Å²) in [5.74, 6) is -0.124. The van der Waals surface area contributed by atoms with E-state index in [1.165, 1.54) is 29.5 Å². The van der Waals surface area contributed by atoms with E-state index in [2.05, 4.69) is 21.8 Å². The Bertz CT molecular complexity index is 1260. The highest BCUT2D eigenvalue weighted by atomic mass is 32.2. The number of aliphatic hydroxyl groups is 1. The number of Topliss-reactive ketones (excluding diaryl/α,β-unsaturated/α-hetero) is 1. The summed E-state index contributed by atoms with van der Waals surface area (Å²) in [5, 5.41) is 14.9. The van der Waals surface area contributed by atoms with E-state index in [0.717, 1.165) is 20.9 Å². The highest BCUT2D eigenvalue weighted by molar-refractivity contribution is 7.97. The van der Waals surface area contributed by atoms with Gasteiger partial charge in [-0.2, -0.15) is 9.66 Å². The van der Waals surface area contributed by atoms with Crippen molar-refractivity contribution in [1.82, 2.24) is 19.7 Å². The Hall–Kier alpha value is -2.75. The lowest BCUT2D eigenvalue weighted by Gasteiger charge is -2.40. The zero-order valence-corrected chi connectivity index (χ0v) is 18.6. The van der Waals surface area contributed by atoms with E-state index in [-0.39, 0.29) is 11.5 Å². The van der Waals surface area contributed by atoms with Crippen LogP contribution in [0.15, 0.2) is 88.3 Å². The molecule has 1 aliphatic carbocycles. The van der Waals surface area contributed by atoms with Crippen LogP contribution < -0.4 is 9.66 Å². The number of hydrogen-bond donors (Lipinski definition) is 3. The van der Waals surface area contributed by atoms with Crippen molar-refractivity contribution in [3.63, 3.8) is 0 Å². The standard InChI is InChI=1S/C24H20N4O2S2/c29-23-18-10-4-3-9-17(18)21(27-13-15-7-1-5-11-19(15)31-25-27)24(30)22(23)28-14-16-8-2-6-12-20(16)32-26-28/h1-12,21,25-26,29H,13-14H2. The molecule has 3 N–H and O–H groups in total. The summed E-state index contributed by atoms with van der Waals surface area (Å²) in [6.45, 7) is 1.08. The summed E-state index contributed by atoms with van der Waals surface area (Å²) >= 11 is 2.96. The molecule has 160 valence electrons. The molecule has 0 aromatic heterocycles. The second-order valence-corrected chi connectivity index (χ2v) is 9.52. The Morgan fingerprint density at radius 2 is 1.44 bits per heavy atom. The molecule has 32 heavy (non-hydrogen) atoms. The molecule has 0 amide bonds. The van der Waals surface area contributed by atoms with Gasteiger partial charge < -0.3 is 5.11 Å². The first kappa shape index (κ1) is 19.9. The SMILES string of the molecule is O=C1C(N2Cc3ccccc3SN2)=C(O)c2ccccc2C1N1Cc2ccccc2SN1. The van der Waals surface area contributed by atoms with Gasteiger partial charge in [0.15, 0.2) is 5.76 Å². The monoisotopic (exact) mass is 460 g/mol. The molecule has 3 aromatic rings. The maximum absolute atomic E-state index is 13.9. The molecule has 0 bridgehead atoms. The molecule has 3 aliphatic rings. The summed E-state index contributed by atoms with van der Waals surface area (Å²) in [6.07, 6.45) is 0. The molecule has 6 nitrogen and oxygen atoms in total. The zero-order valence-electron chi connectivity index (χ0n) is 17.0. The molecule has 1 atom stereocenters. The molecule has 0 saturated carbocycles. The molecule has 0 fully saturated rings. The van der Waals surface area contributed by atoms with E-state index in [9.17, 15) is 9.90 Å². The molecule has 8 heteroatoms. The Balaban J connectivity index is 1.40. The molecule has 0 radical (unpaired) electrons. The Labute approximate surface area is 194 Å². The predicted molar refractivity (Wildman–Crippen MR) is 126 cm³/mol. The minimum atomic E-state index is -0.554. The fourth-order valence-corrected chi connectivity index (χ4v) is 5.97. The topological polar surface area (TPSA) is 67.8 Å². The molecule has 3 aromatic carbocycles. The van der Waals surface area contributed by atoms with Gasteiger partial charge in [-0.25, -0.2) is 5.01 Å². The molecule has 0 spiro atoms. The van der Waals surface area contributed by atoms with E-state index in [4.69, 9.17) is 0 Å². The third-order valence-corrected chi connectivity index (χ3v) is 7.82. The number of rotatable bonds is 2. The molecule has 6 rings (SSSR count). The zero-order chi connectivity index (χ0) is 21.7. The first-order valence-corrected chi connectivity index (χ1v) is 12.0. The minimum Gasteiger partial charge on any atom is -0.505 e. The maximum Gasteiger partial charge on any atom is 0.207 e. The molecule has 0 saturated heterocycles. The third kappa shape index (κ3) is 3.23. The van der Waals surface area contributed by atoms with Gasteiger partial charge >= 0.3 is 0 Å². The lowest BCUT2D eigenvalue weighted by molar-refractivity contribution is -0.124. The van der Waals surface area contributed by atoms with Crippen molar-refractivity contribution in [1.29, 1.82) is 0 Å². The maximum atomic E-state index is 13.9. The number of aliphatic hydroxyl groups excluding tert-OH is 1. The van der Waals surface area contributed by atoms with Crippen LogP contribution in [0.1, 0.15) is 28.3 Å². The van der Waals surface area contributed by atoms with Crippen LogP contribution in [0.4, 0.5) is 0 Å². The highest BCUT2D eigenvalue weighted by Crippen LogP contribution is 2.42. The van der Waals surface area contributed by atoms with Crippen molar-refractivity contribution in [3.8, 4) is 0 Å². The van der Waals surface area contributed by atoms with Crippen LogP contribution in [0.3, 0.4) is 0 Å². The number of hydrazine groups is 2. The van der Waals surface area contributed by atoms with Gasteiger partial charge in [-0.05, 0) is 52.7 Å².